The molecule has 0 aliphatic carbocycles. The van der Waals surface area contributed by atoms with Gasteiger partial charge in [-0.15, -0.1) is 0 Å². The number of benzene rings is 1. The molecule has 0 amide bonds. The average Bonchev–Trinajstić information content (AvgIpc) is 3.37. The van der Waals surface area contributed by atoms with E-state index in [9.17, 15) is 4.79 Å². The van der Waals surface area contributed by atoms with Gasteiger partial charge in [0.25, 0.3) is 0 Å². The molecule has 1 unspecified atom stereocenters. The topological polar surface area (TPSA) is 88.3 Å². The summed E-state index contributed by atoms with van der Waals surface area (Å²) in [6.45, 7) is 2.07. The van der Waals surface area contributed by atoms with Crippen LogP contribution in [0.15, 0.2) is 66.2 Å². The number of nitrogens with one attached hydrogen (secondary N) is 1. The van der Waals surface area contributed by atoms with E-state index in [0.29, 0.717) is 18.3 Å². The number of carbonyl (C=O) groups excluding carboxylic acids is 1. The molecule has 5 rings (SSSR count). The maximum absolute atomic E-state index is 12.3. The molecule has 8 heteroatoms. The molecule has 2 aliphatic heterocycles. The molecule has 0 saturated carbocycles. The predicted octanol–water partition coefficient (Wildman–Crippen LogP) is 2.94. The van der Waals surface area contributed by atoms with Crippen molar-refractivity contribution in [3.8, 4) is 22.5 Å². The number of likely N-dealkylation sites (N-methyl/N-ethyl adjacent to an activating group) is 1. The molecule has 34 heavy (non-hydrogen) atoms. The molecule has 0 radical (unpaired) electrons. The Kier molecular flexibility index (Phi) is 6.31. The number of ketones is 1. The third kappa shape index (κ3) is 4.82. The number of amidine groups is 1. The second-order valence-corrected chi connectivity index (χ2v) is 9.02. The van der Waals surface area contributed by atoms with E-state index in [1.807, 2.05) is 61.9 Å². The van der Waals surface area contributed by atoms with Crippen molar-refractivity contribution in [1.29, 1.82) is 0 Å². The SMILES string of the molecule is CN(C)C1=NC(Cc2cccc(-c3ncc(-c4cnn(C5CCNCC5)c4)cn3)c2)C(=O)C=C1. The first-order chi connectivity index (χ1) is 16.6. The highest BCUT2D eigenvalue weighted by atomic mass is 16.1. The van der Waals surface area contributed by atoms with E-state index in [1.165, 1.54) is 0 Å². The minimum atomic E-state index is -0.405. The summed E-state index contributed by atoms with van der Waals surface area (Å²) >= 11 is 0. The number of aliphatic imine (C=N–C) groups is 1. The van der Waals surface area contributed by atoms with Crippen LogP contribution in [0.4, 0.5) is 0 Å². The zero-order chi connectivity index (χ0) is 23.5. The van der Waals surface area contributed by atoms with Crippen molar-refractivity contribution in [1.82, 2.24) is 30.0 Å². The number of piperidine rings is 1. The second-order valence-electron chi connectivity index (χ2n) is 9.02. The van der Waals surface area contributed by atoms with Crippen LogP contribution < -0.4 is 5.32 Å². The Bertz CT molecular complexity index is 1220. The van der Waals surface area contributed by atoms with Gasteiger partial charge >= 0.3 is 0 Å². The molecule has 2 aliphatic rings. The van der Waals surface area contributed by atoms with Crippen LogP contribution in [0.2, 0.25) is 0 Å². The number of aromatic nitrogens is 4. The van der Waals surface area contributed by atoms with Gasteiger partial charge in [-0.1, -0.05) is 18.2 Å². The van der Waals surface area contributed by atoms with Gasteiger partial charge in [0.1, 0.15) is 11.9 Å². The molecule has 8 nitrogen and oxygen atoms in total. The highest BCUT2D eigenvalue weighted by Gasteiger charge is 2.21. The van der Waals surface area contributed by atoms with E-state index >= 15 is 0 Å². The summed E-state index contributed by atoms with van der Waals surface area (Å²) in [4.78, 5) is 28.1. The number of hydrogen-bond donors (Lipinski definition) is 1. The summed E-state index contributed by atoms with van der Waals surface area (Å²) in [5, 5.41) is 7.96. The average molecular weight is 456 g/mol. The molecular weight excluding hydrogens is 426 g/mol. The van der Waals surface area contributed by atoms with Crippen LogP contribution in [0, 0.1) is 0 Å². The molecule has 0 spiro atoms. The normalized spacial score (nSPS) is 18.7. The quantitative estimate of drug-likeness (QED) is 0.636. The number of rotatable bonds is 5. The lowest BCUT2D eigenvalue weighted by Crippen LogP contribution is -2.30. The van der Waals surface area contributed by atoms with Gasteiger partial charge in [-0.25, -0.2) is 9.97 Å². The molecule has 4 heterocycles. The van der Waals surface area contributed by atoms with Gasteiger partial charge in [0.2, 0.25) is 0 Å². The first kappa shape index (κ1) is 22.2. The van der Waals surface area contributed by atoms with Gasteiger partial charge in [-0.3, -0.25) is 14.5 Å². The van der Waals surface area contributed by atoms with Crippen LogP contribution in [-0.4, -0.2) is 69.5 Å². The molecule has 1 saturated heterocycles. The van der Waals surface area contributed by atoms with Crippen molar-refractivity contribution in [2.45, 2.75) is 31.3 Å². The Labute approximate surface area is 199 Å². The Morgan fingerprint density at radius 2 is 1.82 bits per heavy atom. The van der Waals surface area contributed by atoms with Gasteiger partial charge in [-0.2, -0.15) is 5.10 Å². The summed E-state index contributed by atoms with van der Waals surface area (Å²) in [6.07, 6.45) is 13.8. The van der Waals surface area contributed by atoms with Crippen molar-refractivity contribution >= 4 is 11.6 Å². The Balaban J connectivity index is 1.31. The van der Waals surface area contributed by atoms with Crippen LogP contribution in [0.5, 0.6) is 0 Å². The summed E-state index contributed by atoms with van der Waals surface area (Å²) in [5.41, 5.74) is 3.93. The van der Waals surface area contributed by atoms with Crippen LogP contribution in [-0.2, 0) is 11.2 Å². The lowest BCUT2D eigenvalue weighted by Gasteiger charge is -2.22. The third-order valence-corrected chi connectivity index (χ3v) is 6.36. The molecule has 3 aromatic rings. The van der Waals surface area contributed by atoms with Gasteiger partial charge < -0.3 is 10.2 Å². The van der Waals surface area contributed by atoms with Crippen LogP contribution in [0.3, 0.4) is 0 Å². The first-order valence-corrected chi connectivity index (χ1v) is 11.7. The van der Waals surface area contributed by atoms with Gasteiger partial charge in [-0.05, 0) is 49.7 Å². The highest BCUT2D eigenvalue weighted by molar-refractivity contribution is 6.07. The monoisotopic (exact) mass is 455 g/mol. The molecule has 1 N–H and O–H groups in total. The maximum Gasteiger partial charge on any atom is 0.180 e. The summed E-state index contributed by atoms with van der Waals surface area (Å²) < 4.78 is 2.07. The molecule has 1 atom stereocenters. The van der Waals surface area contributed by atoms with Crippen molar-refractivity contribution < 1.29 is 4.79 Å². The standard InChI is InChI=1S/C26H29N7O/c1-32(2)25-7-6-24(34)23(31-25)13-18-4-3-5-19(12-18)26-28-14-20(15-29-26)21-16-30-33(17-21)22-8-10-27-11-9-22/h3-7,12,14-17,22-23,27H,8-11,13H2,1-2H3. The summed E-state index contributed by atoms with van der Waals surface area (Å²) in [7, 11) is 3.85. The molecule has 0 bridgehead atoms. The minimum absolute atomic E-state index is 0.0293. The smallest absolute Gasteiger partial charge is 0.180 e. The van der Waals surface area contributed by atoms with Crippen molar-refractivity contribution in [2.75, 3.05) is 27.2 Å². The van der Waals surface area contributed by atoms with Crippen LogP contribution in [0.25, 0.3) is 22.5 Å². The number of nitrogens with zero attached hydrogens (tertiary/aromatic N) is 6. The fourth-order valence-electron chi connectivity index (χ4n) is 4.39. The van der Waals surface area contributed by atoms with E-state index < -0.39 is 6.04 Å². The molecule has 174 valence electrons. The maximum atomic E-state index is 12.3. The molecule has 1 aromatic carbocycles. The van der Waals surface area contributed by atoms with E-state index in [2.05, 4.69) is 36.3 Å². The third-order valence-electron chi connectivity index (χ3n) is 6.36. The highest BCUT2D eigenvalue weighted by Crippen LogP contribution is 2.24. The Morgan fingerprint density at radius 1 is 1.03 bits per heavy atom. The Morgan fingerprint density at radius 3 is 2.59 bits per heavy atom. The van der Waals surface area contributed by atoms with E-state index in [0.717, 1.165) is 54.0 Å². The van der Waals surface area contributed by atoms with E-state index in [1.54, 1.807) is 12.2 Å². The predicted molar refractivity (Wildman–Crippen MR) is 133 cm³/mol. The number of hydrogen-bond acceptors (Lipinski definition) is 7. The fourth-order valence-corrected chi connectivity index (χ4v) is 4.39. The zero-order valence-corrected chi connectivity index (χ0v) is 19.6. The van der Waals surface area contributed by atoms with Crippen LogP contribution >= 0.6 is 0 Å². The molecule has 1 fully saturated rings. The summed E-state index contributed by atoms with van der Waals surface area (Å²) in [6, 6.07) is 8.07. The van der Waals surface area contributed by atoms with Crippen molar-refractivity contribution in [3.63, 3.8) is 0 Å². The first-order valence-electron chi connectivity index (χ1n) is 11.7. The van der Waals surface area contributed by atoms with Gasteiger partial charge in [0.05, 0.1) is 12.2 Å². The minimum Gasteiger partial charge on any atom is -0.363 e. The van der Waals surface area contributed by atoms with Gasteiger partial charge in [0, 0.05) is 55.8 Å². The zero-order valence-electron chi connectivity index (χ0n) is 19.6. The summed E-state index contributed by atoms with van der Waals surface area (Å²) in [5.74, 6) is 1.49. The molecular formula is C26H29N7O. The van der Waals surface area contributed by atoms with Crippen molar-refractivity contribution in [2.24, 2.45) is 4.99 Å². The van der Waals surface area contributed by atoms with Gasteiger partial charge in [0.15, 0.2) is 11.6 Å². The fraction of sp³-hybridized carbons (Fsp3) is 0.346. The largest absolute Gasteiger partial charge is 0.363 e. The van der Waals surface area contributed by atoms with E-state index in [-0.39, 0.29) is 5.78 Å². The van der Waals surface area contributed by atoms with Crippen LogP contribution in [0.1, 0.15) is 24.4 Å². The lowest BCUT2D eigenvalue weighted by atomic mass is 9.99. The Hall–Kier alpha value is -3.65. The number of carbonyl (C=O) groups is 1. The van der Waals surface area contributed by atoms with Crippen molar-refractivity contribution in [3.05, 3.63) is 66.8 Å². The number of dihydropyridines is 1. The van der Waals surface area contributed by atoms with E-state index in [4.69, 9.17) is 0 Å². The lowest BCUT2D eigenvalue weighted by molar-refractivity contribution is -0.115. The molecule has 2 aromatic heterocycles. The second kappa shape index (κ2) is 9.69.